The Morgan fingerprint density at radius 3 is 2.50 bits per heavy atom. The number of aryl methyl sites for hydroxylation is 1. The summed E-state index contributed by atoms with van der Waals surface area (Å²) in [6.07, 6.45) is 0. The van der Waals surface area contributed by atoms with Gasteiger partial charge in [-0.1, -0.05) is 25.1 Å². The first-order valence-electron chi connectivity index (χ1n) is 7.11. The molecule has 0 aliphatic rings. The van der Waals surface area contributed by atoms with Crippen LogP contribution in [0.15, 0.2) is 30.3 Å². The van der Waals surface area contributed by atoms with Gasteiger partial charge in [-0.3, -0.25) is 4.79 Å². The summed E-state index contributed by atoms with van der Waals surface area (Å²) in [5, 5.41) is 10.5. The molecule has 0 aliphatic carbocycles. The molecule has 6 heteroatoms. The van der Waals surface area contributed by atoms with Crippen LogP contribution in [0.1, 0.15) is 18.3 Å². The van der Waals surface area contributed by atoms with Crippen molar-refractivity contribution in [2.24, 2.45) is 5.92 Å². The fourth-order valence-corrected chi connectivity index (χ4v) is 2.29. The fourth-order valence-electron chi connectivity index (χ4n) is 2.29. The normalized spacial score (nSPS) is 11.6. The van der Waals surface area contributed by atoms with E-state index in [1.807, 2.05) is 62.8 Å². The maximum Gasteiger partial charge on any atom is 0.228 e. The van der Waals surface area contributed by atoms with Crippen molar-refractivity contribution in [1.29, 1.82) is 0 Å². The third kappa shape index (κ3) is 3.87. The van der Waals surface area contributed by atoms with E-state index >= 15 is 0 Å². The number of benzene rings is 1. The Labute approximate surface area is 137 Å². The van der Waals surface area contributed by atoms with Gasteiger partial charge in [0.1, 0.15) is 0 Å². The lowest BCUT2D eigenvalue weighted by Crippen LogP contribution is -2.28. The Morgan fingerprint density at radius 1 is 1.27 bits per heavy atom. The van der Waals surface area contributed by atoms with Crippen LogP contribution in [0, 0.1) is 19.8 Å². The predicted octanol–water partition coefficient (Wildman–Crippen LogP) is 2.70. The number of nitrogens with one attached hydrogen (secondary N) is 2. The zero-order valence-electron chi connectivity index (χ0n) is 13.4. The number of nitrogens with zero attached hydrogens (tertiary/aromatic N) is 2. The molecular formula is C16H23ClN4O. The van der Waals surface area contributed by atoms with Crippen LogP contribution in [-0.2, 0) is 4.79 Å². The maximum absolute atomic E-state index is 12.2. The molecule has 1 aromatic carbocycles. The van der Waals surface area contributed by atoms with Crippen LogP contribution in [0.2, 0.25) is 0 Å². The molecule has 0 saturated carbocycles. The number of amides is 1. The maximum atomic E-state index is 12.2. The first kappa shape index (κ1) is 18.2. The van der Waals surface area contributed by atoms with Gasteiger partial charge in [0.25, 0.3) is 0 Å². The standard InChI is InChI=1S/C16H22N4O.ClH/c1-11(10-17-4)16(21)18-15-12(2)19-20(13(15)3)14-8-6-5-7-9-14;/h5-9,11,17H,10H2,1-4H3,(H,18,21);1H. The number of hydrogen-bond acceptors (Lipinski definition) is 3. The van der Waals surface area contributed by atoms with E-state index in [0.717, 1.165) is 22.8 Å². The van der Waals surface area contributed by atoms with Crippen LogP contribution in [0.3, 0.4) is 0 Å². The predicted molar refractivity (Wildman–Crippen MR) is 92.0 cm³/mol. The smallest absolute Gasteiger partial charge is 0.228 e. The number of carbonyl (C=O) groups excluding carboxylic acids is 1. The van der Waals surface area contributed by atoms with E-state index in [1.54, 1.807) is 0 Å². The molecule has 1 atom stereocenters. The molecule has 120 valence electrons. The van der Waals surface area contributed by atoms with Gasteiger partial charge in [-0.25, -0.2) is 4.68 Å². The molecule has 22 heavy (non-hydrogen) atoms. The van der Waals surface area contributed by atoms with E-state index < -0.39 is 0 Å². The highest BCUT2D eigenvalue weighted by atomic mass is 35.5. The lowest BCUT2D eigenvalue weighted by molar-refractivity contribution is -0.119. The molecule has 1 unspecified atom stereocenters. The topological polar surface area (TPSA) is 59.0 Å². The molecule has 2 aromatic rings. The molecule has 0 aliphatic heterocycles. The molecule has 5 nitrogen and oxygen atoms in total. The summed E-state index contributed by atoms with van der Waals surface area (Å²) in [5.74, 6) is -0.0861. The van der Waals surface area contributed by atoms with Gasteiger partial charge < -0.3 is 10.6 Å². The minimum atomic E-state index is -0.0890. The quantitative estimate of drug-likeness (QED) is 0.890. The van der Waals surface area contributed by atoms with Crippen LogP contribution in [0.25, 0.3) is 5.69 Å². The van der Waals surface area contributed by atoms with Crippen molar-refractivity contribution >= 4 is 24.0 Å². The van der Waals surface area contributed by atoms with Crippen molar-refractivity contribution in [2.45, 2.75) is 20.8 Å². The first-order valence-corrected chi connectivity index (χ1v) is 7.11. The minimum Gasteiger partial charge on any atom is -0.323 e. The minimum absolute atomic E-state index is 0. The van der Waals surface area contributed by atoms with E-state index in [2.05, 4.69) is 15.7 Å². The van der Waals surface area contributed by atoms with Crippen molar-refractivity contribution in [3.63, 3.8) is 0 Å². The number of carbonyl (C=O) groups is 1. The molecule has 2 N–H and O–H groups in total. The molecular weight excluding hydrogens is 300 g/mol. The Balaban J connectivity index is 0.00000242. The number of halogens is 1. The first-order chi connectivity index (χ1) is 10.0. The number of anilines is 1. The number of hydrogen-bond donors (Lipinski definition) is 2. The summed E-state index contributed by atoms with van der Waals surface area (Å²) >= 11 is 0. The molecule has 0 bridgehead atoms. The average molecular weight is 323 g/mol. The summed E-state index contributed by atoms with van der Waals surface area (Å²) in [6.45, 7) is 6.42. The van der Waals surface area contributed by atoms with E-state index in [4.69, 9.17) is 0 Å². The number of rotatable bonds is 5. The summed E-state index contributed by atoms with van der Waals surface area (Å²) in [7, 11) is 1.84. The molecule has 0 saturated heterocycles. The molecule has 0 spiro atoms. The van der Waals surface area contributed by atoms with Gasteiger partial charge in [0.05, 0.1) is 22.8 Å². The summed E-state index contributed by atoms with van der Waals surface area (Å²) in [4.78, 5) is 12.2. The molecule has 0 radical (unpaired) electrons. The Hall–Kier alpha value is -1.85. The van der Waals surface area contributed by atoms with Gasteiger partial charge >= 0.3 is 0 Å². The third-order valence-corrected chi connectivity index (χ3v) is 3.50. The molecule has 1 aromatic heterocycles. The van der Waals surface area contributed by atoms with Gasteiger partial charge in [-0.05, 0) is 33.0 Å². The third-order valence-electron chi connectivity index (χ3n) is 3.50. The average Bonchev–Trinajstić information content (AvgIpc) is 2.76. The van der Waals surface area contributed by atoms with E-state index in [-0.39, 0.29) is 24.2 Å². The fraction of sp³-hybridized carbons (Fsp3) is 0.375. The van der Waals surface area contributed by atoms with E-state index in [0.29, 0.717) is 6.54 Å². The highest BCUT2D eigenvalue weighted by molar-refractivity contribution is 5.93. The SMILES string of the molecule is CNCC(C)C(=O)Nc1c(C)nn(-c2ccccc2)c1C.Cl. The molecule has 1 heterocycles. The Bertz CT molecular complexity index is 625. The monoisotopic (exact) mass is 322 g/mol. The van der Waals surface area contributed by atoms with E-state index in [1.165, 1.54) is 0 Å². The van der Waals surface area contributed by atoms with Crippen molar-refractivity contribution < 1.29 is 4.79 Å². The van der Waals surface area contributed by atoms with Gasteiger partial charge in [0.2, 0.25) is 5.91 Å². The van der Waals surface area contributed by atoms with Crippen LogP contribution in [-0.4, -0.2) is 29.3 Å². The summed E-state index contributed by atoms with van der Waals surface area (Å²) in [5.41, 5.74) is 3.54. The van der Waals surface area contributed by atoms with Crippen molar-refractivity contribution in [3.8, 4) is 5.69 Å². The second kappa shape index (κ2) is 7.96. The van der Waals surface area contributed by atoms with Crippen molar-refractivity contribution in [3.05, 3.63) is 41.7 Å². The number of aromatic nitrogens is 2. The zero-order chi connectivity index (χ0) is 15.4. The van der Waals surface area contributed by atoms with Gasteiger partial charge in [-0.15, -0.1) is 12.4 Å². The summed E-state index contributed by atoms with van der Waals surface area (Å²) < 4.78 is 1.85. The van der Waals surface area contributed by atoms with Crippen LogP contribution in [0.5, 0.6) is 0 Å². The second-order valence-corrected chi connectivity index (χ2v) is 5.24. The Kier molecular flexibility index (Phi) is 6.59. The summed E-state index contributed by atoms with van der Waals surface area (Å²) in [6, 6.07) is 9.90. The lowest BCUT2D eigenvalue weighted by Gasteiger charge is -2.12. The van der Waals surface area contributed by atoms with Crippen LogP contribution in [0.4, 0.5) is 5.69 Å². The molecule has 1 amide bonds. The van der Waals surface area contributed by atoms with Gasteiger partial charge in [-0.2, -0.15) is 5.10 Å². The Morgan fingerprint density at radius 2 is 1.91 bits per heavy atom. The second-order valence-electron chi connectivity index (χ2n) is 5.24. The molecule has 2 rings (SSSR count). The highest BCUT2D eigenvalue weighted by Crippen LogP contribution is 2.23. The van der Waals surface area contributed by atoms with Gasteiger partial charge in [0.15, 0.2) is 0 Å². The van der Waals surface area contributed by atoms with E-state index in [9.17, 15) is 4.79 Å². The van der Waals surface area contributed by atoms with Crippen LogP contribution >= 0.6 is 12.4 Å². The van der Waals surface area contributed by atoms with Crippen molar-refractivity contribution in [2.75, 3.05) is 18.9 Å². The van der Waals surface area contributed by atoms with Crippen LogP contribution < -0.4 is 10.6 Å². The largest absolute Gasteiger partial charge is 0.323 e. The van der Waals surface area contributed by atoms with Crippen molar-refractivity contribution in [1.82, 2.24) is 15.1 Å². The highest BCUT2D eigenvalue weighted by Gasteiger charge is 2.18. The van der Waals surface area contributed by atoms with Gasteiger partial charge in [0, 0.05) is 12.5 Å². The lowest BCUT2D eigenvalue weighted by atomic mass is 10.1. The number of para-hydroxylation sites is 1. The zero-order valence-corrected chi connectivity index (χ0v) is 14.2. The molecule has 0 fully saturated rings.